The van der Waals surface area contributed by atoms with Gasteiger partial charge in [-0.1, -0.05) is 0 Å². The first kappa shape index (κ1) is 19.0. The largest absolute Gasteiger partial charge is 0.480 e. The van der Waals surface area contributed by atoms with Crippen LogP contribution in [0.25, 0.3) is 0 Å². The SMILES string of the molecule is CC(=O)NCCN(C(C)C(=O)O)S(=O)(=O)c1cc(F)ccc1F. The fourth-order valence-corrected chi connectivity index (χ4v) is 3.46. The summed E-state index contributed by atoms with van der Waals surface area (Å²) in [5.41, 5.74) is 0. The van der Waals surface area contributed by atoms with Gasteiger partial charge in [-0.15, -0.1) is 0 Å². The first-order chi connectivity index (χ1) is 10.6. The Kier molecular flexibility index (Phi) is 6.16. The van der Waals surface area contributed by atoms with Crippen LogP contribution in [0.1, 0.15) is 13.8 Å². The number of benzene rings is 1. The molecule has 0 fully saturated rings. The summed E-state index contributed by atoms with van der Waals surface area (Å²) < 4.78 is 52.4. The molecule has 0 radical (unpaired) electrons. The van der Waals surface area contributed by atoms with Crippen LogP contribution >= 0.6 is 0 Å². The molecule has 0 saturated heterocycles. The molecule has 7 nitrogen and oxygen atoms in total. The molecule has 0 aromatic heterocycles. The highest BCUT2D eigenvalue weighted by Crippen LogP contribution is 2.22. The van der Waals surface area contributed by atoms with Crippen LogP contribution in [-0.2, 0) is 19.6 Å². The second kappa shape index (κ2) is 7.47. The van der Waals surface area contributed by atoms with E-state index < -0.39 is 51.0 Å². The van der Waals surface area contributed by atoms with E-state index in [9.17, 15) is 26.8 Å². The smallest absolute Gasteiger partial charge is 0.321 e. The molecular weight excluding hydrogens is 334 g/mol. The maximum atomic E-state index is 13.8. The molecule has 23 heavy (non-hydrogen) atoms. The molecule has 0 aliphatic carbocycles. The van der Waals surface area contributed by atoms with Crippen molar-refractivity contribution in [3.63, 3.8) is 0 Å². The van der Waals surface area contributed by atoms with Crippen molar-refractivity contribution in [1.29, 1.82) is 0 Å². The van der Waals surface area contributed by atoms with Crippen molar-refractivity contribution in [1.82, 2.24) is 9.62 Å². The second-order valence-corrected chi connectivity index (χ2v) is 6.55. The average molecular weight is 350 g/mol. The zero-order valence-electron chi connectivity index (χ0n) is 12.4. The third-order valence-corrected chi connectivity index (χ3v) is 4.96. The molecule has 1 rings (SSSR count). The summed E-state index contributed by atoms with van der Waals surface area (Å²) in [6.45, 7) is 1.70. The molecule has 128 valence electrons. The monoisotopic (exact) mass is 350 g/mol. The molecule has 1 aromatic rings. The van der Waals surface area contributed by atoms with E-state index in [1.54, 1.807) is 0 Å². The van der Waals surface area contributed by atoms with Crippen molar-refractivity contribution in [2.24, 2.45) is 0 Å². The summed E-state index contributed by atoms with van der Waals surface area (Å²) in [5.74, 6) is -4.08. The lowest BCUT2D eigenvalue weighted by Gasteiger charge is -2.26. The van der Waals surface area contributed by atoms with Gasteiger partial charge in [0.25, 0.3) is 0 Å². The lowest BCUT2D eigenvalue weighted by molar-refractivity contribution is -0.140. The number of halogens is 2. The van der Waals surface area contributed by atoms with Crippen molar-refractivity contribution in [3.8, 4) is 0 Å². The summed E-state index contributed by atoms with van der Waals surface area (Å²) in [6.07, 6.45) is 0. The molecule has 0 bridgehead atoms. The number of nitrogens with zero attached hydrogens (tertiary/aromatic N) is 1. The van der Waals surface area contributed by atoms with Crippen LogP contribution in [0, 0.1) is 11.6 Å². The minimum atomic E-state index is -4.61. The van der Waals surface area contributed by atoms with Crippen LogP contribution in [0.2, 0.25) is 0 Å². The van der Waals surface area contributed by atoms with Gasteiger partial charge in [0.2, 0.25) is 15.9 Å². The Morgan fingerprint density at radius 2 is 1.96 bits per heavy atom. The van der Waals surface area contributed by atoms with E-state index >= 15 is 0 Å². The summed E-state index contributed by atoms with van der Waals surface area (Å²) in [7, 11) is -4.61. The Bertz CT molecular complexity index is 708. The fourth-order valence-electron chi connectivity index (χ4n) is 1.79. The van der Waals surface area contributed by atoms with Crippen LogP contribution in [0.15, 0.2) is 23.1 Å². The third kappa shape index (κ3) is 4.70. The standard InChI is InChI=1S/C13H16F2N2O5S/c1-8(13(19)20)17(6-5-16-9(2)18)23(21,22)12-7-10(14)3-4-11(12)15/h3-4,7-8H,5-6H2,1-2H3,(H,16,18)(H,19,20). The van der Waals surface area contributed by atoms with Gasteiger partial charge in [0.15, 0.2) is 0 Å². The van der Waals surface area contributed by atoms with Gasteiger partial charge < -0.3 is 10.4 Å². The topological polar surface area (TPSA) is 104 Å². The van der Waals surface area contributed by atoms with E-state index in [4.69, 9.17) is 5.11 Å². The summed E-state index contributed by atoms with van der Waals surface area (Å²) in [6, 6.07) is 0.331. The van der Waals surface area contributed by atoms with Crippen molar-refractivity contribution in [2.45, 2.75) is 24.8 Å². The van der Waals surface area contributed by atoms with Gasteiger partial charge >= 0.3 is 5.97 Å². The van der Waals surface area contributed by atoms with Crippen LogP contribution in [0.3, 0.4) is 0 Å². The van der Waals surface area contributed by atoms with E-state index in [0.717, 1.165) is 13.0 Å². The van der Waals surface area contributed by atoms with Gasteiger partial charge in [-0.2, -0.15) is 4.31 Å². The maximum Gasteiger partial charge on any atom is 0.321 e. The summed E-state index contributed by atoms with van der Waals surface area (Å²) >= 11 is 0. The molecule has 1 unspecified atom stereocenters. The first-order valence-corrected chi connectivity index (χ1v) is 7.95. The number of rotatable bonds is 7. The zero-order valence-corrected chi connectivity index (χ0v) is 13.2. The molecule has 1 amide bonds. The van der Waals surface area contributed by atoms with Gasteiger partial charge in [0, 0.05) is 20.0 Å². The van der Waals surface area contributed by atoms with Crippen LogP contribution < -0.4 is 5.32 Å². The van der Waals surface area contributed by atoms with Gasteiger partial charge in [0.05, 0.1) is 0 Å². The molecule has 1 atom stereocenters. The van der Waals surface area contributed by atoms with E-state index in [2.05, 4.69) is 5.32 Å². The minimum absolute atomic E-state index is 0.177. The van der Waals surface area contributed by atoms with Crippen molar-refractivity contribution >= 4 is 21.9 Å². The number of carboxylic acid groups (broad SMARTS) is 1. The Hall–Kier alpha value is -2.07. The maximum absolute atomic E-state index is 13.8. The lowest BCUT2D eigenvalue weighted by Crippen LogP contribution is -2.46. The van der Waals surface area contributed by atoms with E-state index in [1.165, 1.54) is 6.92 Å². The van der Waals surface area contributed by atoms with Crippen molar-refractivity contribution in [2.75, 3.05) is 13.1 Å². The molecule has 1 aromatic carbocycles. The first-order valence-electron chi connectivity index (χ1n) is 6.51. The average Bonchev–Trinajstić information content (AvgIpc) is 2.44. The quantitative estimate of drug-likeness (QED) is 0.748. The van der Waals surface area contributed by atoms with Gasteiger partial charge in [-0.25, -0.2) is 17.2 Å². The normalized spacial score (nSPS) is 12.9. The molecular formula is C13H16F2N2O5S. The number of hydrogen-bond acceptors (Lipinski definition) is 4. The van der Waals surface area contributed by atoms with Crippen molar-refractivity contribution < 1.29 is 31.9 Å². The number of hydrogen-bond donors (Lipinski definition) is 2. The molecule has 0 spiro atoms. The molecule has 2 N–H and O–H groups in total. The second-order valence-electron chi connectivity index (χ2n) is 4.69. The molecule has 0 aliphatic rings. The highest BCUT2D eigenvalue weighted by molar-refractivity contribution is 7.89. The highest BCUT2D eigenvalue weighted by Gasteiger charge is 2.34. The Morgan fingerprint density at radius 3 is 2.48 bits per heavy atom. The summed E-state index contributed by atoms with van der Waals surface area (Å²) in [4.78, 5) is 21.0. The number of amides is 1. The van der Waals surface area contributed by atoms with Crippen LogP contribution in [0.4, 0.5) is 8.78 Å². The van der Waals surface area contributed by atoms with Crippen molar-refractivity contribution in [3.05, 3.63) is 29.8 Å². The minimum Gasteiger partial charge on any atom is -0.480 e. The van der Waals surface area contributed by atoms with Crippen LogP contribution in [0.5, 0.6) is 0 Å². The predicted molar refractivity (Wildman–Crippen MR) is 76.0 cm³/mol. The molecule has 0 saturated carbocycles. The Labute approximate surface area is 132 Å². The number of aliphatic carboxylic acids is 1. The Morgan fingerprint density at radius 1 is 1.35 bits per heavy atom. The third-order valence-electron chi connectivity index (χ3n) is 2.98. The number of sulfonamides is 1. The zero-order chi connectivity index (χ0) is 17.8. The van der Waals surface area contributed by atoms with Crippen LogP contribution in [-0.4, -0.2) is 48.8 Å². The number of carbonyl (C=O) groups excluding carboxylic acids is 1. The van der Waals surface area contributed by atoms with E-state index in [1.807, 2.05) is 0 Å². The van der Waals surface area contributed by atoms with E-state index in [0.29, 0.717) is 16.4 Å². The number of carbonyl (C=O) groups is 2. The number of carboxylic acids is 1. The van der Waals surface area contributed by atoms with Gasteiger partial charge in [-0.05, 0) is 25.1 Å². The highest BCUT2D eigenvalue weighted by atomic mass is 32.2. The predicted octanol–water partition coefficient (Wildman–Crippen LogP) is 0.565. The number of nitrogens with one attached hydrogen (secondary N) is 1. The van der Waals surface area contributed by atoms with E-state index in [-0.39, 0.29) is 6.54 Å². The molecule has 0 heterocycles. The van der Waals surface area contributed by atoms with Gasteiger partial charge in [-0.3, -0.25) is 9.59 Å². The fraction of sp³-hybridized carbons (Fsp3) is 0.385. The molecule has 0 aliphatic heterocycles. The lowest BCUT2D eigenvalue weighted by atomic mass is 10.3. The Balaban J connectivity index is 3.24. The summed E-state index contributed by atoms with van der Waals surface area (Å²) in [5, 5.41) is 11.3. The molecule has 10 heteroatoms. The van der Waals surface area contributed by atoms with Gasteiger partial charge in [0.1, 0.15) is 22.6 Å².